The van der Waals surface area contributed by atoms with Crippen LogP contribution in [0.5, 0.6) is 5.75 Å². The van der Waals surface area contributed by atoms with Gasteiger partial charge in [0, 0.05) is 6.42 Å². The molecule has 0 amide bonds. The van der Waals surface area contributed by atoms with Gasteiger partial charge < -0.3 is 9.84 Å². The van der Waals surface area contributed by atoms with E-state index in [0.29, 0.717) is 17.7 Å². The highest BCUT2D eigenvalue weighted by Gasteiger charge is 2.08. The molecule has 0 saturated heterocycles. The van der Waals surface area contributed by atoms with Crippen molar-refractivity contribution >= 4 is 5.97 Å². The molecule has 1 aromatic carbocycles. The predicted molar refractivity (Wildman–Crippen MR) is 58.1 cm³/mol. The van der Waals surface area contributed by atoms with Crippen molar-refractivity contribution in [3.05, 3.63) is 29.6 Å². The third-order valence-electron chi connectivity index (χ3n) is 2.23. The fourth-order valence-electron chi connectivity index (χ4n) is 1.31. The Bertz CT molecular complexity index is 377. The van der Waals surface area contributed by atoms with Crippen LogP contribution >= 0.6 is 0 Å². The van der Waals surface area contributed by atoms with Crippen LogP contribution in [0.4, 0.5) is 4.39 Å². The second-order valence-corrected chi connectivity index (χ2v) is 3.77. The van der Waals surface area contributed by atoms with Gasteiger partial charge in [-0.05, 0) is 44.0 Å². The lowest BCUT2D eigenvalue weighted by Gasteiger charge is -2.14. The number of aryl methyl sites for hydroxylation is 1. The lowest BCUT2D eigenvalue weighted by molar-refractivity contribution is -0.137. The van der Waals surface area contributed by atoms with Crippen molar-refractivity contribution in [2.24, 2.45) is 0 Å². The minimum absolute atomic E-state index is 0.0708. The second kappa shape index (κ2) is 5.49. The molecule has 0 spiro atoms. The summed E-state index contributed by atoms with van der Waals surface area (Å²) in [6.45, 7) is 3.45. The fourth-order valence-corrected chi connectivity index (χ4v) is 1.31. The van der Waals surface area contributed by atoms with Gasteiger partial charge in [0.15, 0.2) is 0 Å². The zero-order valence-corrected chi connectivity index (χ0v) is 9.37. The van der Waals surface area contributed by atoms with E-state index in [1.165, 1.54) is 6.07 Å². The summed E-state index contributed by atoms with van der Waals surface area (Å²) in [5.74, 6) is -0.548. The number of carboxylic acids is 1. The number of halogens is 1. The molecule has 88 valence electrons. The van der Waals surface area contributed by atoms with E-state index in [4.69, 9.17) is 9.84 Å². The quantitative estimate of drug-likeness (QED) is 0.839. The van der Waals surface area contributed by atoms with Crippen molar-refractivity contribution in [1.29, 1.82) is 0 Å². The number of carbonyl (C=O) groups is 1. The normalized spacial score (nSPS) is 12.2. The monoisotopic (exact) mass is 226 g/mol. The molecule has 0 fully saturated rings. The number of hydrogen-bond acceptors (Lipinski definition) is 2. The molecule has 0 radical (unpaired) electrons. The largest absolute Gasteiger partial charge is 0.491 e. The lowest BCUT2D eigenvalue weighted by Crippen LogP contribution is -2.13. The summed E-state index contributed by atoms with van der Waals surface area (Å²) in [5.41, 5.74) is 0.517. The summed E-state index contributed by atoms with van der Waals surface area (Å²) in [7, 11) is 0. The van der Waals surface area contributed by atoms with Crippen molar-refractivity contribution in [3.8, 4) is 5.75 Å². The number of ether oxygens (including phenoxy) is 1. The van der Waals surface area contributed by atoms with Crippen LogP contribution in [0, 0.1) is 12.7 Å². The van der Waals surface area contributed by atoms with Crippen molar-refractivity contribution < 1.29 is 19.0 Å². The summed E-state index contributed by atoms with van der Waals surface area (Å²) in [6.07, 6.45) is 0.313. The van der Waals surface area contributed by atoms with E-state index in [-0.39, 0.29) is 18.3 Å². The van der Waals surface area contributed by atoms with Crippen molar-refractivity contribution in [3.63, 3.8) is 0 Å². The Hall–Kier alpha value is -1.58. The third-order valence-corrected chi connectivity index (χ3v) is 2.23. The molecular formula is C12H15FO3. The summed E-state index contributed by atoms with van der Waals surface area (Å²) in [6, 6.07) is 4.49. The molecule has 0 aliphatic rings. The first-order valence-electron chi connectivity index (χ1n) is 5.13. The first-order valence-corrected chi connectivity index (χ1v) is 5.13. The number of rotatable bonds is 5. The molecule has 1 rings (SSSR count). The maximum atomic E-state index is 13.0. The van der Waals surface area contributed by atoms with E-state index in [0.717, 1.165) is 0 Å². The van der Waals surface area contributed by atoms with Gasteiger partial charge in [-0.15, -0.1) is 0 Å². The van der Waals surface area contributed by atoms with Crippen LogP contribution < -0.4 is 4.74 Å². The molecule has 3 nitrogen and oxygen atoms in total. The number of benzene rings is 1. The van der Waals surface area contributed by atoms with Crippen molar-refractivity contribution in [1.82, 2.24) is 0 Å². The SMILES string of the molecule is Cc1cc(OC(C)CCC(=O)O)ccc1F. The molecule has 4 heteroatoms. The Morgan fingerprint density at radius 1 is 1.56 bits per heavy atom. The van der Waals surface area contributed by atoms with Gasteiger partial charge in [0.1, 0.15) is 11.6 Å². The average Bonchev–Trinajstić information content (AvgIpc) is 2.21. The number of carboxylic acid groups (broad SMARTS) is 1. The van der Waals surface area contributed by atoms with E-state index < -0.39 is 5.97 Å². The van der Waals surface area contributed by atoms with E-state index in [2.05, 4.69) is 0 Å². The zero-order chi connectivity index (χ0) is 12.1. The molecule has 0 aromatic heterocycles. The van der Waals surface area contributed by atoms with Crippen LogP contribution in [0.1, 0.15) is 25.3 Å². The molecule has 0 aliphatic heterocycles. The molecule has 0 aliphatic carbocycles. The van der Waals surface area contributed by atoms with Gasteiger partial charge in [0.25, 0.3) is 0 Å². The van der Waals surface area contributed by atoms with Gasteiger partial charge >= 0.3 is 5.97 Å². The first-order chi connectivity index (χ1) is 7.49. The summed E-state index contributed by atoms with van der Waals surface area (Å²) < 4.78 is 18.4. The highest BCUT2D eigenvalue weighted by Crippen LogP contribution is 2.18. The standard InChI is InChI=1S/C12H15FO3/c1-8-7-10(4-5-11(8)13)16-9(2)3-6-12(14)15/h4-5,7,9H,3,6H2,1-2H3,(H,14,15). The third kappa shape index (κ3) is 3.88. The van der Waals surface area contributed by atoms with Crippen molar-refractivity contribution in [2.75, 3.05) is 0 Å². The topological polar surface area (TPSA) is 46.5 Å². The van der Waals surface area contributed by atoms with Gasteiger partial charge in [0.05, 0.1) is 6.10 Å². The molecule has 1 aromatic rings. The van der Waals surface area contributed by atoms with Crippen LogP contribution in [-0.4, -0.2) is 17.2 Å². The zero-order valence-electron chi connectivity index (χ0n) is 9.37. The van der Waals surface area contributed by atoms with Gasteiger partial charge in [-0.3, -0.25) is 4.79 Å². The van der Waals surface area contributed by atoms with Gasteiger partial charge in [-0.1, -0.05) is 0 Å². The molecule has 1 N–H and O–H groups in total. The molecule has 16 heavy (non-hydrogen) atoms. The molecule has 0 bridgehead atoms. The highest BCUT2D eigenvalue weighted by molar-refractivity contribution is 5.66. The van der Waals surface area contributed by atoms with Crippen LogP contribution in [-0.2, 0) is 4.79 Å². The Balaban J connectivity index is 2.52. The number of hydrogen-bond donors (Lipinski definition) is 1. The Kier molecular flexibility index (Phi) is 4.28. The van der Waals surface area contributed by atoms with E-state index in [9.17, 15) is 9.18 Å². The van der Waals surface area contributed by atoms with E-state index in [1.807, 2.05) is 0 Å². The van der Waals surface area contributed by atoms with Gasteiger partial charge in [0.2, 0.25) is 0 Å². The van der Waals surface area contributed by atoms with Crippen LogP contribution in [0.25, 0.3) is 0 Å². The number of aliphatic carboxylic acids is 1. The highest BCUT2D eigenvalue weighted by atomic mass is 19.1. The van der Waals surface area contributed by atoms with Gasteiger partial charge in [-0.25, -0.2) is 4.39 Å². The molecule has 1 unspecified atom stereocenters. The fraction of sp³-hybridized carbons (Fsp3) is 0.417. The van der Waals surface area contributed by atoms with E-state index >= 15 is 0 Å². The van der Waals surface area contributed by atoms with Crippen LogP contribution in [0.2, 0.25) is 0 Å². The van der Waals surface area contributed by atoms with Gasteiger partial charge in [-0.2, -0.15) is 0 Å². The van der Waals surface area contributed by atoms with Crippen molar-refractivity contribution in [2.45, 2.75) is 32.8 Å². The molecule has 0 heterocycles. The maximum Gasteiger partial charge on any atom is 0.303 e. The van der Waals surface area contributed by atoms with E-state index in [1.54, 1.807) is 26.0 Å². The first kappa shape index (κ1) is 12.5. The second-order valence-electron chi connectivity index (χ2n) is 3.77. The predicted octanol–water partition coefficient (Wildman–Crippen LogP) is 2.77. The average molecular weight is 226 g/mol. The smallest absolute Gasteiger partial charge is 0.303 e. The lowest BCUT2D eigenvalue weighted by atomic mass is 10.2. The Morgan fingerprint density at radius 2 is 2.25 bits per heavy atom. The maximum absolute atomic E-state index is 13.0. The Morgan fingerprint density at radius 3 is 2.81 bits per heavy atom. The summed E-state index contributed by atoms with van der Waals surface area (Å²) in [4.78, 5) is 10.3. The van der Waals surface area contributed by atoms with Crippen LogP contribution in [0.15, 0.2) is 18.2 Å². The minimum atomic E-state index is -0.842. The Labute approximate surface area is 93.9 Å². The summed E-state index contributed by atoms with van der Waals surface area (Å²) >= 11 is 0. The molecule has 1 atom stereocenters. The summed E-state index contributed by atoms with van der Waals surface area (Å²) in [5, 5.41) is 8.50. The molecule has 0 saturated carbocycles. The van der Waals surface area contributed by atoms with Crippen LogP contribution in [0.3, 0.4) is 0 Å². The minimum Gasteiger partial charge on any atom is -0.491 e. The molecular weight excluding hydrogens is 211 g/mol.